The molecule has 3 aromatic rings. The van der Waals surface area contributed by atoms with E-state index in [-0.39, 0.29) is 23.9 Å². The molecule has 12 heteroatoms. The summed E-state index contributed by atoms with van der Waals surface area (Å²) in [6.07, 6.45) is 0.552. The number of ether oxygens (including phenoxy) is 1. The third kappa shape index (κ3) is 9.21. The standard InChI is InChI=1S/C26H29N5O6S/c1-2-3-13-37-26(36)30-20(14-22(32)33)18-9-11-19(12-10-18)28-23(34)21-16-38-25(29-21)31-24(35)27-15-17-7-5-4-6-8-17/h4-12,16,20H,2-3,13-15H2,1H3,(H,28,34)(H,30,36)(H,32,33)(H2,27,29,31,35)/t20-/m0/s1. The molecule has 0 fully saturated rings. The molecule has 200 valence electrons. The van der Waals surface area contributed by atoms with Crippen LogP contribution in [-0.2, 0) is 16.1 Å². The lowest BCUT2D eigenvalue weighted by atomic mass is 10.0. The summed E-state index contributed by atoms with van der Waals surface area (Å²) in [5.74, 6) is -1.56. The highest BCUT2D eigenvalue weighted by molar-refractivity contribution is 7.14. The maximum absolute atomic E-state index is 12.6. The van der Waals surface area contributed by atoms with Crippen molar-refractivity contribution in [1.82, 2.24) is 15.6 Å². The smallest absolute Gasteiger partial charge is 0.407 e. The molecule has 1 atom stereocenters. The monoisotopic (exact) mass is 539 g/mol. The third-order valence-electron chi connectivity index (χ3n) is 5.23. The Hall–Kier alpha value is -4.45. The zero-order valence-electron chi connectivity index (χ0n) is 20.7. The van der Waals surface area contributed by atoms with Crippen LogP contribution in [-0.4, -0.2) is 40.7 Å². The number of carbonyl (C=O) groups excluding carboxylic acids is 3. The minimum atomic E-state index is -1.08. The predicted molar refractivity (Wildman–Crippen MR) is 143 cm³/mol. The van der Waals surface area contributed by atoms with Gasteiger partial charge < -0.3 is 25.8 Å². The number of hydrogen-bond donors (Lipinski definition) is 5. The largest absolute Gasteiger partial charge is 0.481 e. The predicted octanol–water partition coefficient (Wildman–Crippen LogP) is 4.76. The number of nitrogens with one attached hydrogen (secondary N) is 4. The summed E-state index contributed by atoms with van der Waals surface area (Å²) >= 11 is 1.11. The molecular formula is C26H29N5O6S. The molecule has 4 amide bonds. The van der Waals surface area contributed by atoms with E-state index in [1.54, 1.807) is 24.3 Å². The number of carboxylic acids is 1. The number of benzene rings is 2. The zero-order valence-corrected chi connectivity index (χ0v) is 21.5. The van der Waals surface area contributed by atoms with Gasteiger partial charge in [-0.2, -0.15) is 0 Å². The first-order valence-electron chi connectivity index (χ1n) is 11.9. The molecule has 1 aromatic heterocycles. The second-order valence-electron chi connectivity index (χ2n) is 8.19. The molecule has 1 heterocycles. The molecule has 0 aliphatic carbocycles. The van der Waals surface area contributed by atoms with E-state index in [2.05, 4.69) is 26.3 Å². The SMILES string of the molecule is CCCCOC(=O)N[C@@H](CC(=O)O)c1ccc(NC(=O)c2csc(NC(=O)NCc3ccccc3)n2)cc1. The fourth-order valence-corrected chi connectivity index (χ4v) is 3.95. The number of anilines is 2. The van der Waals surface area contributed by atoms with Crippen LogP contribution in [0.2, 0.25) is 0 Å². The molecule has 5 N–H and O–H groups in total. The Morgan fingerprint density at radius 3 is 2.45 bits per heavy atom. The van der Waals surface area contributed by atoms with Crippen LogP contribution in [0, 0.1) is 0 Å². The molecule has 0 unspecified atom stereocenters. The Morgan fingerprint density at radius 1 is 1.03 bits per heavy atom. The van der Waals surface area contributed by atoms with Gasteiger partial charge in [0.1, 0.15) is 5.69 Å². The van der Waals surface area contributed by atoms with Gasteiger partial charge in [0.05, 0.1) is 19.1 Å². The minimum Gasteiger partial charge on any atom is -0.481 e. The van der Waals surface area contributed by atoms with Crippen molar-refractivity contribution in [2.24, 2.45) is 0 Å². The van der Waals surface area contributed by atoms with Crippen molar-refractivity contribution >= 4 is 46.2 Å². The van der Waals surface area contributed by atoms with Gasteiger partial charge in [-0.3, -0.25) is 14.9 Å². The summed E-state index contributed by atoms with van der Waals surface area (Å²) < 4.78 is 5.06. The number of carboxylic acid groups (broad SMARTS) is 1. The highest BCUT2D eigenvalue weighted by Gasteiger charge is 2.19. The van der Waals surface area contributed by atoms with Crippen LogP contribution in [0.25, 0.3) is 0 Å². The summed E-state index contributed by atoms with van der Waals surface area (Å²) in [5.41, 5.74) is 2.06. The fraction of sp³-hybridized carbons (Fsp3) is 0.269. The maximum atomic E-state index is 12.6. The van der Waals surface area contributed by atoms with Gasteiger partial charge in [0.2, 0.25) is 0 Å². The van der Waals surface area contributed by atoms with E-state index < -0.39 is 30.0 Å². The van der Waals surface area contributed by atoms with Gasteiger partial charge in [-0.15, -0.1) is 11.3 Å². The fourth-order valence-electron chi connectivity index (χ4n) is 3.27. The summed E-state index contributed by atoms with van der Waals surface area (Å²) in [4.78, 5) is 52.2. The number of nitrogens with zero attached hydrogens (tertiary/aromatic N) is 1. The van der Waals surface area contributed by atoms with Crippen LogP contribution >= 0.6 is 11.3 Å². The van der Waals surface area contributed by atoms with Crippen LogP contribution in [0.4, 0.5) is 20.4 Å². The van der Waals surface area contributed by atoms with Gasteiger partial charge in [0.15, 0.2) is 5.13 Å². The van der Waals surface area contributed by atoms with Gasteiger partial charge in [-0.25, -0.2) is 14.6 Å². The van der Waals surface area contributed by atoms with E-state index in [0.29, 0.717) is 24.2 Å². The summed E-state index contributed by atoms with van der Waals surface area (Å²) in [6, 6.07) is 14.6. The van der Waals surface area contributed by atoms with Crippen molar-refractivity contribution in [2.75, 3.05) is 17.2 Å². The highest BCUT2D eigenvalue weighted by Crippen LogP contribution is 2.21. The van der Waals surface area contributed by atoms with E-state index in [4.69, 9.17) is 4.74 Å². The van der Waals surface area contributed by atoms with Crippen molar-refractivity contribution in [2.45, 2.75) is 38.8 Å². The first-order chi connectivity index (χ1) is 18.3. The summed E-state index contributed by atoms with van der Waals surface area (Å²) in [7, 11) is 0. The first-order valence-corrected chi connectivity index (χ1v) is 12.8. The second-order valence-corrected chi connectivity index (χ2v) is 9.05. The minimum absolute atomic E-state index is 0.123. The number of unbranched alkanes of at least 4 members (excludes halogenated alkanes) is 1. The van der Waals surface area contributed by atoms with E-state index >= 15 is 0 Å². The average molecular weight is 540 g/mol. The number of aromatic nitrogens is 1. The van der Waals surface area contributed by atoms with Crippen LogP contribution < -0.4 is 21.3 Å². The van der Waals surface area contributed by atoms with Crippen LogP contribution in [0.15, 0.2) is 60.0 Å². The summed E-state index contributed by atoms with van der Waals surface area (Å²) in [5, 5.41) is 21.6. The van der Waals surface area contributed by atoms with E-state index in [1.165, 1.54) is 5.38 Å². The Balaban J connectivity index is 1.53. The Morgan fingerprint density at radius 2 is 1.76 bits per heavy atom. The summed E-state index contributed by atoms with van der Waals surface area (Å²) in [6.45, 7) is 2.56. The molecule has 0 bridgehead atoms. The molecule has 11 nitrogen and oxygen atoms in total. The lowest BCUT2D eigenvalue weighted by molar-refractivity contribution is -0.137. The molecule has 0 radical (unpaired) electrons. The van der Waals surface area contributed by atoms with Crippen molar-refractivity contribution < 1.29 is 29.0 Å². The molecule has 3 rings (SSSR count). The van der Waals surface area contributed by atoms with Crippen molar-refractivity contribution in [3.63, 3.8) is 0 Å². The molecule has 0 saturated heterocycles. The number of hydrogen-bond acceptors (Lipinski definition) is 7. The molecule has 0 saturated carbocycles. The number of aliphatic carboxylic acids is 1. The normalized spacial score (nSPS) is 11.2. The zero-order chi connectivity index (χ0) is 27.3. The number of carbonyl (C=O) groups is 4. The molecule has 0 spiro atoms. The Kier molecular flexibility index (Phi) is 10.6. The first kappa shape index (κ1) is 28.1. The molecule has 0 aliphatic rings. The maximum Gasteiger partial charge on any atom is 0.407 e. The van der Waals surface area contributed by atoms with E-state index in [0.717, 1.165) is 23.3 Å². The third-order valence-corrected chi connectivity index (χ3v) is 5.98. The topological polar surface area (TPSA) is 159 Å². The average Bonchev–Trinajstić information content (AvgIpc) is 3.37. The Labute approximate surface area is 223 Å². The quantitative estimate of drug-likeness (QED) is 0.208. The molecule has 2 aromatic carbocycles. The lowest BCUT2D eigenvalue weighted by Crippen LogP contribution is -2.31. The van der Waals surface area contributed by atoms with Gasteiger partial charge in [-0.05, 0) is 29.7 Å². The van der Waals surface area contributed by atoms with Crippen LogP contribution in [0.5, 0.6) is 0 Å². The van der Waals surface area contributed by atoms with Gasteiger partial charge in [-0.1, -0.05) is 55.8 Å². The number of alkyl carbamates (subject to hydrolysis) is 1. The second kappa shape index (κ2) is 14.3. The van der Waals surface area contributed by atoms with Gasteiger partial charge >= 0.3 is 18.1 Å². The van der Waals surface area contributed by atoms with Crippen molar-refractivity contribution in [3.05, 3.63) is 76.8 Å². The molecule has 38 heavy (non-hydrogen) atoms. The van der Waals surface area contributed by atoms with E-state index in [9.17, 15) is 24.3 Å². The number of thiazole rings is 1. The Bertz CT molecular complexity index is 1230. The van der Waals surface area contributed by atoms with Gasteiger partial charge in [0.25, 0.3) is 5.91 Å². The molecular weight excluding hydrogens is 510 g/mol. The van der Waals surface area contributed by atoms with Crippen molar-refractivity contribution in [1.29, 1.82) is 0 Å². The molecule has 0 aliphatic heterocycles. The lowest BCUT2D eigenvalue weighted by Gasteiger charge is -2.18. The highest BCUT2D eigenvalue weighted by atomic mass is 32.1. The number of urea groups is 1. The number of rotatable bonds is 12. The van der Waals surface area contributed by atoms with Crippen molar-refractivity contribution in [3.8, 4) is 0 Å². The van der Waals surface area contributed by atoms with Crippen LogP contribution in [0.3, 0.4) is 0 Å². The number of amides is 4. The van der Waals surface area contributed by atoms with E-state index in [1.807, 2.05) is 37.3 Å². The van der Waals surface area contributed by atoms with Gasteiger partial charge in [0, 0.05) is 17.6 Å². The van der Waals surface area contributed by atoms with Crippen LogP contribution in [0.1, 0.15) is 53.8 Å².